The van der Waals surface area contributed by atoms with Crippen LogP contribution in [0.25, 0.3) is 0 Å². The number of pyridine rings is 1. The van der Waals surface area contributed by atoms with Gasteiger partial charge in [-0.3, -0.25) is 4.79 Å². The van der Waals surface area contributed by atoms with Crippen molar-refractivity contribution in [3.05, 3.63) is 23.9 Å². The molecule has 1 aromatic rings. The van der Waals surface area contributed by atoms with E-state index in [0.29, 0.717) is 31.1 Å². The molecule has 0 amide bonds. The van der Waals surface area contributed by atoms with Crippen LogP contribution in [0.4, 0.5) is 5.82 Å². The molecule has 1 fully saturated rings. The molecule has 0 saturated carbocycles. The molecule has 1 atom stereocenters. The fourth-order valence-corrected chi connectivity index (χ4v) is 1.83. The summed E-state index contributed by atoms with van der Waals surface area (Å²) < 4.78 is 5.28. The number of hydrogen-bond donors (Lipinski definition) is 1. The average molecular weight is 222 g/mol. The van der Waals surface area contributed by atoms with Gasteiger partial charge in [0.25, 0.3) is 0 Å². The second kappa shape index (κ2) is 5.05. The van der Waals surface area contributed by atoms with Crippen molar-refractivity contribution < 1.29 is 14.6 Å². The quantitative estimate of drug-likeness (QED) is 0.734. The molecule has 1 unspecified atom stereocenters. The Morgan fingerprint density at radius 3 is 3.31 bits per heavy atom. The lowest BCUT2D eigenvalue weighted by Crippen LogP contribution is -2.48. The molecule has 1 saturated heterocycles. The molecule has 0 aliphatic carbocycles. The summed E-state index contributed by atoms with van der Waals surface area (Å²) in [5.41, 5.74) is 0.544. The first-order chi connectivity index (χ1) is 7.86. The van der Waals surface area contributed by atoms with Crippen LogP contribution in [0.2, 0.25) is 0 Å². The molecule has 0 bridgehead atoms. The maximum absolute atomic E-state index is 10.9. The van der Waals surface area contributed by atoms with Crippen LogP contribution in [0, 0.1) is 0 Å². The summed E-state index contributed by atoms with van der Waals surface area (Å²) in [6, 6.07) is 3.32. The highest BCUT2D eigenvalue weighted by molar-refractivity contribution is 5.82. The number of aliphatic hydroxyl groups is 1. The Kier molecular flexibility index (Phi) is 3.48. The monoisotopic (exact) mass is 222 g/mol. The first kappa shape index (κ1) is 11.0. The van der Waals surface area contributed by atoms with Gasteiger partial charge in [0.2, 0.25) is 0 Å². The van der Waals surface area contributed by atoms with Gasteiger partial charge in [-0.25, -0.2) is 4.98 Å². The molecule has 1 aliphatic heterocycles. The van der Waals surface area contributed by atoms with E-state index in [4.69, 9.17) is 4.74 Å². The number of hydrogen-bond acceptors (Lipinski definition) is 5. The average Bonchev–Trinajstić information content (AvgIpc) is 2.38. The number of nitrogens with zero attached hydrogens (tertiary/aromatic N) is 2. The van der Waals surface area contributed by atoms with Crippen LogP contribution < -0.4 is 4.90 Å². The van der Waals surface area contributed by atoms with Crippen molar-refractivity contribution in [2.45, 2.75) is 6.04 Å². The highest BCUT2D eigenvalue weighted by Crippen LogP contribution is 2.20. The first-order valence-electron chi connectivity index (χ1n) is 5.22. The summed E-state index contributed by atoms with van der Waals surface area (Å²) in [6.45, 7) is 1.69. The van der Waals surface area contributed by atoms with Crippen molar-refractivity contribution >= 4 is 12.1 Å². The Bertz CT molecular complexity index is 370. The van der Waals surface area contributed by atoms with Gasteiger partial charge in [0.1, 0.15) is 5.82 Å². The molecular formula is C11H14N2O3. The van der Waals surface area contributed by atoms with Crippen molar-refractivity contribution in [1.82, 2.24) is 4.98 Å². The lowest BCUT2D eigenvalue weighted by Gasteiger charge is -2.35. The van der Waals surface area contributed by atoms with Gasteiger partial charge in [-0.15, -0.1) is 0 Å². The Hall–Kier alpha value is -1.46. The zero-order chi connectivity index (χ0) is 11.4. The number of aromatic nitrogens is 1. The van der Waals surface area contributed by atoms with Gasteiger partial charge in [0, 0.05) is 12.7 Å². The number of carbonyl (C=O) groups is 1. The highest BCUT2D eigenvalue weighted by atomic mass is 16.5. The van der Waals surface area contributed by atoms with Crippen LogP contribution in [0.1, 0.15) is 10.4 Å². The van der Waals surface area contributed by atoms with Gasteiger partial charge in [-0.1, -0.05) is 0 Å². The Balaban J connectivity index is 2.30. The molecular weight excluding hydrogens is 208 g/mol. The summed E-state index contributed by atoms with van der Waals surface area (Å²) in [5, 5.41) is 9.25. The van der Waals surface area contributed by atoms with Crippen molar-refractivity contribution in [2.24, 2.45) is 0 Å². The largest absolute Gasteiger partial charge is 0.394 e. The number of ether oxygens (including phenoxy) is 1. The molecule has 1 aromatic heterocycles. The summed E-state index contributed by atoms with van der Waals surface area (Å²) >= 11 is 0. The van der Waals surface area contributed by atoms with E-state index in [2.05, 4.69) is 4.98 Å². The zero-order valence-corrected chi connectivity index (χ0v) is 8.87. The summed E-state index contributed by atoms with van der Waals surface area (Å²) in [4.78, 5) is 17.0. The molecule has 0 spiro atoms. The van der Waals surface area contributed by atoms with Crippen LogP contribution in [-0.4, -0.2) is 48.8 Å². The third-order valence-electron chi connectivity index (χ3n) is 2.65. The van der Waals surface area contributed by atoms with Gasteiger partial charge in [-0.05, 0) is 12.1 Å². The van der Waals surface area contributed by atoms with Crippen LogP contribution >= 0.6 is 0 Å². The number of aldehydes is 1. The third-order valence-corrected chi connectivity index (χ3v) is 2.65. The number of rotatable bonds is 3. The normalized spacial score (nSPS) is 20.8. The lowest BCUT2D eigenvalue weighted by atomic mass is 10.2. The van der Waals surface area contributed by atoms with Crippen LogP contribution in [0.3, 0.4) is 0 Å². The van der Waals surface area contributed by atoms with E-state index in [9.17, 15) is 9.90 Å². The van der Waals surface area contributed by atoms with Crippen molar-refractivity contribution in [3.63, 3.8) is 0 Å². The Labute approximate surface area is 93.7 Å². The molecule has 5 heteroatoms. The second-order valence-electron chi connectivity index (χ2n) is 3.64. The fraction of sp³-hybridized carbons (Fsp3) is 0.455. The molecule has 2 rings (SSSR count). The van der Waals surface area contributed by atoms with E-state index in [1.165, 1.54) is 0 Å². The number of aliphatic hydroxyl groups excluding tert-OH is 1. The zero-order valence-electron chi connectivity index (χ0n) is 8.87. The maximum Gasteiger partial charge on any atom is 0.153 e. The van der Waals surface area contributed by atoms with Crippen LogP contribution in [-0.2, 0) is 4.74 Å². The molecule has 16 heavy (non-hydrogen) atoms. The van der Waals surface area contributed by atoms with E-state index in [-0.39, 0.29) is 12.6 Å². The molecule has 0 aromatic carbocycles. The first-order valence-corrected chi connectivity index (χ1v) is 5.22. The minimum atomic E-state index is -0.123. The van der Waals surface area contributed by atoms with E-state index in [1.807, 2.05) is 4.90 Å². The summed E-state index contributed by atoms with van der Waals surface area (Å²) in [7, 11) is 0. The summed E-state index contributed by atoms with van der Waals surface area (Å²) in [6.07, 6.45) is 2.43. The molecule has 1 N–H and O–H groups in total. The maximum atomic E-state index is 10.9. The van der Waals surface area contributed by atoms with Crippen LogP contribution in [0.15, 0.2) is 18.3 Å². The van der Waals surface area contributed by atoms with Gasteiger partial charge >= 0.3 is 0 Å². The molecule has 5 nitrogen and oxygen atoms in total. The van der Waals surface area contributed by atoms with Gasteiger partial charge in [0.05, 0.1) is 31.4 Å². The van der Waals surface area contributed by atoms with E-state index >= 15 is 0 Å². The predicted molar refractivity (Wildman–Crippen MR) is 58.7 cm³/mol. The molecule has 1 aliphatic rings. The van der Waals surface area contributed by atoms with Crippen LogP contribution in [0.5, 0.6) is 0 Å². The predicted octanol–water partition coefficient (Wildman–Crippen LogP) is 0.0916. The van der Waals surface area contributed by atoms with Gasteiger partial charge < -0.3 is 14.7 Å². The Morgan fingerprint density at radius 1 is 1.69 bits per heavy atom. The lowest BCUT2D eigenvalue weighted by molar-refractivity contribution is 0.0721. The van der Waals surface area contributed by atoms with E-state index in [0.717, 1.165) is 6.29 Å². The van der Waals surface area contributed by atoms with E-state index in [1.54, 1.807) is 18.3 Å². The minimum absolute atomic E-state index is 0.00509. The summed E-state index contributed by atoms with van der Waals surface area (Å²) in [5.74, 6) is 0.625. The molecule has 0 radical (unpaired) electrons. The third kappa shape index (κ3) is 2.05. The van der Waals surface area contributed by atoms with Crippen molar-refractivity contribution in [1.29, 1.82) is 0 Å². The van der Waals surface area contributed by atoms with Crippen molar-refractivity contribution in [2.75, 3.05) is 31.3 Å². The van der Waals surface area contributed by atoms with Crippen molar-refractivity contribution in [3.8, 4) is 0 Å². The van der Waals surface area contributed by atoms with E-state index < -0.39 is 0 Å². The smallest absolute Gasteiger partial charge is 0.153 e. The number of anilines is 1. The fourth-order valence-electron chi connectivity index (χ4n) is 1.83. The second-order valence-corrected chi connectivity index (χ2v) is 3.64. The minimum Gasteiger partial charge on any atom is -0.394 e. The SMILES string of the molecule is O=Cc1cccnc1N1CCOCC1CO. The van der Waals surface area contributed by atoms with Gasteiger partial charge in [-0.2, -0.15) is 0 Å². The highest BCUT2D eigenvalue weighted by Gasteiger charge is 2.24. The van der Waals surface area contributed by atoms with Gasteiger partial charge in [0.15, 0.2) is 6.29 Å². The molecule has 2 heterocycles. The number of morpholine rings is 1. The topological polar surface area (TPSA) is 62.7 Å². The molecule has 86 valence electrons. The number of carbonyl (C=O) groups excluding carboxylic acids is 1. The Morgan fingerprint density at radius 2 is 2.56 bits per heavy atom. The standard InChI is InChI=1S/C11H14N2O3/c14-6-9-2-1-3-12-11(9)13-4-5-16-8-10(13)7-15/h1-3,6,10,15H,4-5,7-8H2.